The zero-order valence-electron chi connectivity index (χ0n) is 11.3. The summed E-state index contributed by atoms with van der Waals surface area (Å²) in [6.07, 6.45) is 7.51. The molecule has 0 spiro atoms. The van der Waals surface area contributed by atoms with Crippen LogP contribution in [0.15, 0.2) is 36.4 Å². The number of nitrogens with one attached hydrogen (secondary N) is 1. The van der Waals surface area contributed by atoms with E-state index in [0.29, 0.717) is 18.8 Å². The summed E-state index contributed by atoms with van der Waals surface area (Å²) in [6, 6.07) is 7.35. The van der Waals surface area contributed by atoms with E-state index in [2.05, 4.69) is 17.5 Å². The van der Waals surface area contributed by atoms with Crippen molar-refractivity contribution in [1.29, 1.82) is 0 Å². The van der Waals surface area contributed by atoms with Gasteiger partial charge in [-0.1, -0.05) is 24.3 Å². The second kappa shape index (κ2) is 6.89. The maximum atomic E-state index is 11.8. The lowest BCUT2D eigenvalue weighted by Gasteiger charge is -2.09. The van der Waals surface area contributed by atoms with Gasteiger partial charge in [-0.25, -0.2) is 0 Å². The van der Waals surface area contributed by atoms with E-state index < -0.39 is 5.97 Å². The molecular formula is C16H19NO3. The third-order valence-electron chi connectivity index (χ3n) is 3.43. The SMILES string of the molecule is O=C(O)CCc1ccc(NC(=O)CC2C=CCC2)cc1. The fraction of sp³-hybridized carbons (Fsp3) is 0.375. The zero-order valence-corrected chi connectivity index (χ0v) is 11.3. The standard InChI is InChI=1S/C16H19NO3/c18-15(11-13-3-1-2-4-13)17-14-8-5-12(6-9-14)7-10-16(19)20/h1,3,5-6,8-9,13H,2,4,7,10-11H2,(H,17,18)(H,19,20). The molecular weight excluding hydrogens is 254 g/mol. The number of carboxylic acid groups (broad SMARTS) is 1. The fourth-order valence-corrected chi connectivity index (χ4v) is 2.32. The van der Waals surface area contributed by atoms with Crippen molar-refractivity contribution in [1.82, 2.24) is 0 Å². The summed E-state index contributed by atoms with van der Waals surface area (Å²) in [5.41, 5.74) is 1.72. The molecule has 4 heteroatoms. The average molecular weight is 273 g/mol. The lowest BCUT2D eigenvalue weighted by molar-refractivity contribution is -0.137. The zero-order chi connectivity index (χ0) is 14.4. The predicted octanol–water partition coefficient (Wildman–Crippen LogP) is 3.00. The van der Waals surface area contributed by atoms with E-state index >= 15 is 0 Å². The van der Waals surface area contributed by atoms with E-state index in [1.54, 1.807) is 0 Å². The minimum absolute atomic E-state index is 0.0276. The minimum atomic E-state index is -0.799. The molecule has 1 atom stereocenters. The molecule has 0 aliphatic heterocycles. The van der Waals surface area contributed by atoms with E-state index in [9.17, 15) is 9.59 Å². The van der Waals surface area contributed by atoms with Gasteiger partial charge in [0.2, 0.25) is 5.91 Å². The maximum Gasteiger partial charge on any atom is 0.303 e. The number of rotatable bonds is 6. The second-order valence-electron chi connectivity index (χ2n) is 5.11. The Hall–Kier alpha value is -2.10. The smallest absolute Gasteiger partial charge is 0.303 e. The van der Waals surface area contributed by atoms with Crippen LogP contribution in [0.3, 0.4) is 0 Å². The van der Waals surface area contributed by atoms with Gasteiger partial charge in [-0.15, -0.1) is 0 Å². The lowest BCUT2D eigenvalue weighted by atomic mass is 10.0. The molecule has 0 aromatic heterocycles. The summed E-state index contributed by atoms with van der Waals surface area (Å²) in [5, 5.41) is 11.5. The van der Waals surface area contributed by atoms with Gasteiger partial charge in [-0.05, 0) is 42.9 Å². The number of carbonyl (C=O) groups is 2. The quantitative estimate of drug-likeness (QED) is 0.783. The molecule has 0 radical (unpaired) electrons. The van der Waals surface area contributed by atoms with E-state index in [-0.39, 0.29) is 12.3 Å². The number of carbonyl (C=O) groups excluding carboxylic acids is 1. The van der Waals surface area contributed by atoms with Crippen molar-refractivity contribution in [2.24, 2.45) is 5.92 Å². The van der Waals surface area contributed by atoms with Crippen molar-refractivity contribution in [2.45, 2.75) is 32.1 Å². The van der Waals surface area contributed by atoms with Gasteiger partial charge in [0.05, 0.1) is 0 Å². The molecule has 1 aliphatic rings. The summed E-state index contributed by atoms with van der Waals surface area (Å²) in [7, 11) is 0. The van der Waals surface area contributed by atoms with Crippen molar-refractivity contribution in [2.75, 3.05) is 5.32 Å². The molecule has 1 aromatic rings. The molecule has 1 aromatic carbocycles. The Morgan fingerprint density at radius 3 is 2.60 bits per heavy atom. The molecule has 1 amide bonds. The average Bonchev–Trinajstić information content (AvgIpc) is 2.90. The number of hydrogen-bond donors (Lipinski definition) is 2. The van der Waals surface area contributed by atoms with E-state index in [1.807, 2.05) is 24.3 Å². The summed E-state index contributed by atoms with van der Waals surface area (Å²) in [5.74, 6) is -0.406. The topological polar surface area (TPSA) is 66.4 Å². The van der Waals surface area contributed by atoms with Gasteiger partial charge in [-0.2, -0.15) is 0 Å². The number of allylic oxidation sites excluding steroid dienone is 2. The molecule has 0 saturated carbocycles. The number of hydrogen-bond acceptors (Lipinski definition) is 2. The minimum Gasteiger partial charge on any atom is -0.481 e. The largest absolute Gasteiger partial charge is 0.481 e. The fourth-order valence-electron chi connectivity index (χ4n) is 2.32. The molecule has 1 unspecified atom stereocenters. The van der Waals surface area contributed by atoms with Gasteiger partial charge in [-0.3, -0.25) is 9.59 Å². The molecule has 0 bridgehead atoms. The number of anilines is 1. The number of amides is 1. The first kappa shape index (κ1) is 14.3. The summed E-state index contributed by atoms with van der Waals surface area (Å²) in [6.45, 7) is 0. The van der Waals surface area contributed by atoms with Gasteiger partial charge in [0, 0.05) is 18.5 Å². The third-order valence-corrected chi connectivity index (χ3v) is 3.43. The van der Waals surface area contributed by atoms with Crippen LogP contribution in [0, 0.1) is 5.92 Å². The Balaban J connectivity index is 1.81. The summed E-state index contributed by atoms with van der Waals surface area (Å²) < 4.78 is 0. The Kier molecular flexibility index (Phi) is 4.93. The van der Waals surface area contributed by atoms with E-state index in [1.165, 1.54) is 0 Å². The monoisotopic (exact) mass is 273 g/mol. The Morgan fingerprint density at radius 2 is 2.00 bits per heavy atom. The normalized spacial score (nSPS) is 17.1. The molecule has 2 N–H and O–H groups in total. The van der Waals surface area contributed by atoms with Crippen LogP contribution in [0.5, 0.6) is 0 Å². The highest BCUT2D eigenvalue weighted by molar-refractivity contribution is 5.91. The lowest BCUT2D eigenvalue weighted by Crippen LogP contribution is -2.14. The molecule has 4 nitrogen and oxygen atoms in total. The van der Waals surface area contributed by atoms with Gasteiger partial charge < -0.3 is 10.4 Å². The predicted molar refractivity (Wildman–Crippen MR) is 77.5 cm³/mol. The highest BCUT2D eigenvalue weighted by Crippen LogP contribution is 2.21. The Morgan fingerprint density at radius 1 is 1.25 bits per heavy atom. The number of benzene rings is 1. The van der Waals surface area contributed by atoms with Gasteiger partial charge in [0.1, 0.15) is 0 Å². The highest BCUT2D eigenvalue weighted by Gasteiger charge is 2.13. The van der Waals surface area contributed by atoms with Crippen molar-refractivity contribution in [3.05, 3.63) is 42.0 Å². The third kappa shape index (κ3) is 4.53. The molecule has 0 heterocycles. The second-order valence-corrected chi connectivity index (χ2v) is 5.11. The van der Waals surface area contributed by atoms with Crippen molar-refractivity contribution < 1.29 is 14.7 Å². The van der Waals surface area contributed by atoms with Crippen LogP contribution >= 0.6 is 0 Å². The molecule has 20 heavy (non-hydrogen) atoms. The van der Waals surface area contributed by atoms with E-state index in [4.69, 9.17) is 5.11 Å². The van der Waals surface area contributed by atoms with Crippen LogP contribution in [-0.2, 0) is 16.0 Å². The van der Waals surface area contributed by atoms with Crippen LogP contribution in [-0.4, -0.2) is 17.0 Å². The summed E-state index contributed by atoms with van der Waals surface area (Å²) >= 11 is 0. The first-order chi connectivity index (χ1) is 9.63. The highest BCUT2D eigenvalue weighted by atomic mass is 16.4. The molecule has 1 aliphatic carbocycles. The van der Waals surface area contributed by atoms with Crippen LogP contribution in [0.25, 0.3) is 0 Å². The number of aryl methyl sites for hydroxylation is 1. The van der Waals surface area contributed by atoms with Crippen molar-refractivity contribution >= 4 is 17.6 Å². The first-order valence-electron chi connectivity index (χ1n) is 6.91. The molecule has 0 fully saturated rings. The molecule has 0 saturated heterocycles. The molecule has 106 valence electrons. The first-order valence-corrected chi connectivity index (χ1v) is 6.91. The van der Waals surface area contributed by atoms with Crippen LogP contribution in [0.2, 0.25) is 0 Å². The van der Waals surface area contributed by atoms with Gasteiger partial charge in [0.25, 0.3) is 0 Å². The van der Waals surface area contributed by atoms with Crippen molar-refractivity contribution in [3.8, 4) is 0 Å². The Labute approximate surface area is 118 Å². The van der Waals surface area contributed by atoms with Gasteiger partial charge in [0.15, 0.2) is 0 Å². The van der Waals surface area contributed by atoms with Crippen molar-refractivity contribution in [3.63, 3.8) is 0 Å². The van der Waals surface area contributed by atoms with Crippen LogP contribution in [0.1, 0.15) is 31.2 Å². The van der Waals surface area contributed by atoms with Crippen LogP contribution in [0.4, 0.5) is 5.69 Å². The molecule has 2 rings (SSSR count). The maximum absolute atomic E-state index is 11.8. The van der Waals surface area contributed by atoms with Crippen LogP contribution < -0.4 is 5.32 Å². The summed E-state index contributed by atoms with van der Waals surface area (Å²) in [4.78, 5) is 22.3. The van der Waals surface area contributed by atoms with Gasteiger partial charge >= 0.3 is 5.97 Å². The Bertz CT molecular complexity index is 505. The number of carboxylic acids is 1. The van der Waals surface area contributed by atoms with E-state index in [0.717, 1.165) is 24.1 Å². The number of aliphatic carboxylic acids is 1.